The van der Waals surface area contributed by atoms with E-state index in [1.165, 1.54) is 0 Å². The number of nitrogens with one attached hydrogen (secondary N) is 1. The van der Waals surface area contributed by atoms with Crippen LogP contribution in [0.15, 0.2) is 0 Å². The quantitative estimate of drug-likeness (QED) is 0.629. The van der Waals surface area contributed by atoms with Crippen LogP contribution in [-0.2, 0) is 4.74 Å². The van der Waals surface area contributed by atoms with Crippen LogP contribution in [0.2, 0.25) is 0 Å². The van der Waals surface area contributed by atoms with Gasteiger partial charge >= 0.3 is 0 Å². The van der Waals surface area contributed by atoms with Crippen molar-refractivity contribution in [2.75, 3.05) is 20.3 Å². The Balaban J connectivity index is 1.96. The number of hydrogen-bond acceptors (Lipinski definition) is 3. The summed E-state index contributed by atoms with van der Waals surface area (Å²) in [6.45, 7) is 1.87. The van der Waals surface area contributed by atoms with Gasteiger partial charge in [-0.25, -0.2) is 0 Å². The molecule has 0 aromatic heterocycles. The summed E-state index contributed by atoms with van der Waals surface area (Å²) in [5.41, 5.74) is 0. The second-order valence-corrected chi connectivity index (χ2v) is 3.81. The van der Waals surface area contributed by atoms with Crippen molar-refractivity contribution in [2.45, 2.75) is 44.2 Å². The lowest BCUT2D eigenvalue weighted by Gasteiger charge is -2.26. The van der Waals surface area contributed by atoms with E-state index in [1.54, 1.807) is 7.11 Å². The van der Waals surface area contributed by atoms with Crippen molar-refractivity contribution >= 4 is 0 Å². The van der Waals surface area contributed by atoms with Gasteiger partial charge in [0.05, 0.1) is 6.10 Å². The van der Waals surface area contributed by atoms with Gasteiger partial charge in [-0.2, -0.15) is 0 Å². The van der Waals surface area contributed by atoms with Gasteiger partial charge in [0.2, 0.25) is 0 Å². The molecule has 0 saturated heterocycles. The number of aliphatic hydroxyl groups is 1. The zero-order valence-corrected chi connectivity index (χ0v) is 8.46. The van der Waals surface area contributed by atoms with Crippen molar-refractivity contribution in [3.05, 3.63) is 0 Å². The molecule has 0 amide bonds. The molecule has 78 valence electrons. The number of aliphatic hydroxyl groups excluding tert-OH is 1. The van der Waals surface area contributed by atoms with Gasteiger partial charge in [-0.1, -0.05) is 0 Å². The lowest BCUT2D eigenvalue weighted by atomic mass is 9.93. The van der Waals surface area contributed by atoms with E-state index in [9.17, 15) is 5.11 Å². The normalized spacial score (nSPS) is 29.1. The predicted octanol–water partition coefficient (Wildman–Crippen LogP) is 0.916. The maximum Gasteiger partial charge on any atom is 0.0541 e. The highest BCUT2D eigenvalue weighted by molar-refractivity contribution is 4.76. The first kappa shape index (κ1) is 11.0. The van der Waals surface area contributed by atoms with Crippen molar-refractivity contribution < 1.29 is 9.84 Å². The molecule has 0 spiro atoms. The van der Waals surface area contributed by atoms with Crippen molar-refractivity contribution in [3.63, 3.8) is 0 Å². The number of hydrogen-bond donors (Lipinski definition) is 2. The molecule has 0 atom stereocenters. The van der Waals surface area contributed by atoms with Crippen molar-refractivity contribution in [3.8, 4) is 0 Å². The zero-order valence-electron chi connectivity index (χ0n) is 8.46. The lowest BCUT2D eigenvalue weighted by molar-refractivity contribution is 0.116. The van der Waals surface area contributed by atoms with Crippen molar-refractivity contribution in [1.82, 2.24) is 5.32 Å². The molecule has 3 nitrogen and oxygen atoms in total. The summed E-state index contributed by atoms with van der Waals surface area (Å²) in [5.74, 6) is 0. The highest BCUT2D eigenvalue weighted by atomic mass is 16.5. The molecule has 1 saturated carbocycles. The molecule has 1 rings (SSSR count). The van der Waals surface area contributed by atoms with Crippen LogP contribution in [0.1, 0.15) is 32.1 Å². The average Bonchev–Trinajstić information content (AvgIpc) is 2.15. The first-order valence-electron chi connectivity index (χ1n) is 5.23. The number of rotatable bonds is 5. The van der Waals surface area contributed by atoms with Crippen LogP contribution in [0, 0.1) is 0 Å². The van der Waals surface area contributed by atoms with Crippen LogP contribution in [0.25, 0.3) is 0 Å². The molecule has 0 bridgehead atoms. The lowest BCUT2D eigenvalue weighted by Crippen LogP contribution is -2.35. The number of methoxy groups -OCH3 is 1. The summed E-state index contributed by atoms with van der Waals surface area (Å²) in [7, 11) is 1.73. The Morgan fingerprint density at radius 2 is 2.00 bits per heavy atom. The minimum atomic E-state index is -0.0444. The van der Waals surface area contributed by atoms with Gasteiger partial charge in [0.15, 0.2) is 0 Å². The third-order valence-electron chi connectivity index (χ3n) is 2.65. The van der Waals surface area contributed by atoms with E-state index < -0.39 is 0 Å². The smallest absolute Gasteiger partial charge is 0.0541 e. The Kier molecular flexibility index (Phi) is 5.35. The fraction of sp³-hybridized carbons (Fsp3) is 1.00. The third-order valence-corrected chi connectivity index (χ3v) is 2.65. The Morgan fingerprint density at radius 3 is 2.62 bits per heavy atom. The van der Waals surface area contributed by atoms with Crippen LogP contribution in [0.4, 0.5) is 0 Å². The van der Waals surface area contributed by atoms with Crippen molar-refractivity contribution in [1.29, 1.82) is 0 Å². The molecule has 0 radical (unpaired) electrons. The van der Waals surface area contributed by atoms with Gasteiger partial charge in [0, 0.05) is 19.8 Å². The first-order chi connectivity index (χ1) is 6.33. The molecule has 1 aliphatic carbocycles. The highest BCUT2D eigenvalue weighted by Crippen LogP contribution is 2.17. The molecular weight excluding hydrogens is 166 g/mol. The molecular formula is C10H21NO2. The van der Waals surface area contributed by atoms with Crippen LogP contribution in [0.3, 0.4) is 0 Å². The fourth-order valence-electron chi connectivity index (χ4n) is 1.80. The van der Waals surface area contributed by atoms with Gasteiger partial charge in [-0.3, -0.25) is 0 Å². The molecule has 3 heteroatoms. The van der Waals surface area contributed by atoms with E-state index >= 15 is 0 Å². The Bertz CT molecular complexity index is 122. The average molecular weight is 187 g/mol. The summed E-state index contributed by atoms with van der Waals surface area (Å²) in [6, 6.07) is 0.625. The summed E-state index contributed by atoms with van der Waals surface area (Å²) in [6.07, 6.45) is 5.19. The molecule has 0 unspecified atom stereocenters. The van der Waals surface area contributed by atoms with E-state index in [2.05, 4.69) is 5.32 Å². The van der Waals surface area contributed by atoms with E-state index in [-0.39, 0.29) is 6.10 Å². The number of ether oxygens (including phenoxy) is 1. The van der Waals surface area contributed by atoms with Crippen LogP contribution < -0.4 is 5.32 Å². The molecule has 0 aliphatic heterocycles. The largest absolute Gasteiger partial charge is 0.393 e. The van der Waals surface area contributed by atoms with Gasteiger partial charge in [-0.15, -0.1) is 0 Å². The Morgan fingerprint density at radius 1 is 1.31 bits per heavy atom. The zero-order chi connectivity index (χ0) is 9.52. The molecule has 13 heavy (non-hydrogen) atoms. The fourth-order valence-corrected chi connectivity index (χ4v) is 1.80. The van der Waals surface area contributed by atoms with Gasteiger partial charge < -0.3 is 15.2 Å². The third kappa shape index (κ3) is 4.60. The first-order valence-corrected chi connectivity index (χ1v) is 5.23. The SMILES string of the molecule is COCCCNC1CCC(O)CC1. The maximum atomic E-state index is 9.29. The molecule has 0 heterocycles. The van der Waals surface area contributed by atoms with Gasteiger partial charge in [0.25, 0.3) is 0 Å². The molecule has 1 aliphatic rings. The van der Waals surface area contributed by atoms with Crippen LogP contribution >= 0.6 is 0 Å². The second kappa shape index (κ2) is 6.35. The van der Waals surface area contributed by atoms with Crippen LogP contribution in [0.5, 0.6) is 0 Å². The van der Waals surface area contributed by atoms with Crippen LogP contribution in [-0.4, -0.2) is 37.5 Å². The predicted molar refractivity (Wildman–Crippen MR) is 52.8 cm³/mol. The summed E-state index contributed by atoms with van der Waals surface area (Å²) >= 11 is 0. The van der Waals surface area contributed by atoms with Gasteiger partial charge in [-0.05, 0) is 38.6 Å². The summed E-state index contributed by atoms with van der Waals surface area (Å²) in [5, 5.41) is 12.8. The summed E-state index contributed by atoms with van der Waals surface area (Å²) in [4.78, 5) is 0. The van der Waals surface area contributed by atoms with Crippen molar-refractivity contribution in [2.24, 2.45) is 0 Å². The van der Waals surface area contributed by atoms with E-state index in [4.69, 9.17) is 4.74 Å². The van der Waals surface area contributed by atoms with E-state index in [0.717, 1.165) is 45.3 Å². The maximum absolute atomic E-state index is 9.29. The minimum Gasteiger partial charge on any atom is -0.393 e. The second-order valence-electron chi connectivity index (χ2n) is 3.81. The molecule has 0 aromatic rings. The van der Waals surface area contributed by atoms with E-state index in [1.807, 2.05) is 0 Å². The van der Waals surface area contributed by atoms with Gasteiger partial charge in [0.1, 0.15) is 0 Å². The highest BCUT2D eigenvalue weighted by Gasteiger charge is 2.17. The molecule has 0 aromatic carbocycles. The standard InChI is InChI=1S/C10H21NO2/c1-13-8-2-7-11-9-3-5-10(12)6-4-9/h9-12H,2-8H2,1H3. The van der Waals surface area contributed by atoms with E-state index in [0.29, 0.717) is 6.04 Å². The molecule has 2 N–H and O–H groups in total. The topological polar surface area (TPSA) is 41.5 Å². The minimum absolute atomic E-state index is 0.0444. The molecule has 1 fully saturated rings. The monoisotopic (exact) mass is 187 g/mol. The Labute approximate surface area is 80.5 Å². The summed E-state index contributed by atoms with van der Waals surface area (Å²) < 4.78 is 4.97. The Hall–Kier alpha value is -0.120.